The van der Waals surface area contributed by atoms with Crippen LogP contribution in [-0.4, -0.2) is 35.9 Å². The van der Waals surface area contributed by atoms with Gasteiger partial charge in [0.05, 0.1) is 26.3 Å². The van der Waals surface area contributed by atoms with E-state index in [2.05, 4.69) is 25.8 Å². The number of nitrogens with one attached hydrogen (secondary N) is 2. The van der Waals surface area contributed by atoms with E-state index >= 15 is 0 Å². The van der Waals surface area contributed by atoms with Gasteiger partial charge >= 0.3 is 0 Å². The molecule has 0 spiro atoms. The first-order valence-electron chi connectivity index (χ1n) is 9.83. The molecule has 0 atom stereocenters. The fourth-order valence-electron chi connectivity index (χ4n) is 3.17. The topological polar surface area (TPSA) is 93.8 Å². The van der Waals surface area contributed by atoms with Gasteiger partial charge in [-0.1, -0.05) is 5.16 Å². The van der Waals surface area contributed by atoms with Gasteiger partial charge < -0.3 is 24.6 Å². The largest absolute Gasteiger partial charge is 0.497 e. The molecule has 0 radical (unpaired) electrons. The van der Waals surface area contributed by atoms with E-state index in [-0.39, 0.29) is 30.1 Å². The minimum Gasteiger partial charge on any atom is -0.497 e. The number of aromatic nitrogens is 2. The molecule has 8 nitrogen and oxygen atoms in total. The third-order valence-electron chi connectivity index (χ3n) is 4.61. The van der Waals surface area contributed by atoms with Crippen molar-refractivity contribution in [3.63, 3.8) is 0 Å². The van der Waals surface area contributed by atoms with Crippen LogP contribution < -0.4 is 20.1 Å². The molecule has 1 aliphatic rings. The number of halogens is 1. The smallest absolute Gasteiger partial charge is 0.223 e. The Morgan fingerprint density at radius 2 is 2.07 bits per heavy atom. The lowest BCUT2D eigenvalue weighted by atomic mass is 10.2. The van der Waals surface area contributed by atoms with Crippen LogP contribution in [0.3, 0.4) is 0 Å². The fourth-order valence-corrected chi connectivity index (χ4v) is 3.17. The van der Waals surface area contributed by atoms with Gasteiger partial charge in [0, 0.05) is 25.1 Å². The lowest BCUT2D eigenvalue weighted by Crippen LogP contribution is -2.37. The van der Waals surface area contributed by atoms with Crippen molar-refractivity contribution >= 4 is 29.9 Å². The summed E-state index contributed by atoms with van der Waals surface area (Å²) in [6.07, 6.45) is 4.95. The predicted molar refractivity (Wildman–Crippen MR) is 122 cm³/mol. The van der Waals surface area contributed by atoms with E-state index in [1.165, 1.54) is 12.8 Å². The van der Waals surface area contributed by atoms with Crippen molar-refractivity contribution in [3.05, 3.63) is 35.5 Å². The third kappa shape index (κ3) is 7.06. The molecule has 0 saturated heterocycles. The molecule has 0 aliphatic heterocycles. The maximum Gasteiger partial charge on any atom is 0.223 e. The number of rotatable bonds is 8. The molecule has 0 unspecified atom stereocenters. The molecular formula is C20H30IN5O3. The molecule has 2 aromatic rings. The minimum absolute atomic E-state index is 0. The van der Waals surface area contributed by atoms with Gasteiger partial charge in [0.1, 0.15) is 11.5 Å². The molecule has 0 bridgehead atoms. The molecule has 1 aromatic carbocycles. The van der Waals surface area contributed by atoms with E-state index < -0.39 is 0 Å². The minimum atomic E-state index is 0. The highest BCUT2D eigenvalue weighted by atomic mass is 127. The van der Waals surface area contributed by atoms with E-state index in [4.69, 9.17) is 14.0 Å². The summed E-state index contributed by atoms with van der Waals surface area (Å²) in [5, 5.41) is 10.3. The van der Waals surface area contributed by atoms with Gasteiger partial charge in [-0.3, -0.25) is 0 Å². The fraction of sp³-hybridized carbons (Fsp3) is 0.550. The van der Waals surface area contributed by atoms with Crippen LogP contribution in [0.25, 0.3) is 0 Å². The van der Waals surface area contributed by atoms with E-state index in [0.717, 1.165) is 36.4 Å². The Morgan fingerprint density at radius 3 is 2.72 bits per heavy atom. The SMILES string of the molecule is CCNC(=NCc1ccc(OC)cc1OC1CCCC1)NCc1noc(C)n1.I. The van der Waals surface area contributed by atoms with Crippen molar-refractivity contribution in [2.24, 2.45) is 4.99 Å². The van der Waals surface area contributed by atoms with Crippen LogP contribution >= 0.6 is 24.0 Å². The van der Waals surface area contributed by atoms with E-state index in [0.29, 0.717) is 30.8 Å². The Morgan fingerprint density at radius 1 is 1.28 bits per heavy atom. The average Bonchev–Trinajstić information content (AvgIpc) is 3.36. The Hall–Kier alpha value is -2.04. The summed E-state index contributed by atoms with van der Waals surface area (Å²) in [4.78, 5) is 8.88. The molecule has 2 N–H and O–H groups in total. The van der Waals surface area contributed by atoms with Gasteiger partial charge in [-0.2, -0.15) is 4.98 Å². The monoisotopic (exact) mass is 515 g/mol. The summed E-state index contributed by atoms with van der Waals surface area (Å²) < 4.78 is 16.6. The second kappa shape index (κ2) is 11.8. The van der Waals surface area contributed by atoms with E-state index in [1.54, 1.807) is 14.0 Å². The van der Waals surface area contributed by atoms with Crippen LogP contribution in [0.5, 0.6) is 11.5 Å². The summed E-state index contributed by atoms with van der Waals surface area (Å²) in [6.45, 7) is 5.48. The van der Waals surface area contributed by atoms with Crippen LogP contribution in [0.15, 0.2) is 27.7 Å². The zero-order chi connectivity index (χ0) is 19.8. The van der Waals surface area contributed by atoms with Crippen LogP contribution in [0.1, 0.15) is 49.9 Å². The van der Waals surface area contributed by atoms with Crippen molar-refractivity contribution in [1.82, 2.24) is 20.8 Å². The van der Waals surface area contributed by atoms with Crippen molar-refractivity contribution < 1.29 is 14.0 Å². The van der Waals surface area contributed by atoms with Crippen LogP contribution in [0.4, 0.5) is 0 Å². The quantitative estimate of drug-likeness (QED) is 0.315. The maximum atomic E-state index is 6.25. The molecule has 29 heavy (non-hydrogen) atoms. The molecule has 1 heterocycles. The highest BCUT2D eigenvalue weighted by Crippen LogP contribution is 2.30. The Labute approximate surface area is 188 Å². The Bertz CT molecular complexity index is 790. The van der Waals surface area contributed by atoms with Crippen molar-refractivity contribution in [2.45, 2.75) is 58.7 Å². The first kappa shape index (κ1) is 23.2. The average molecular weight is 515 g/mol. The van der Waals surface area contributed by atoms with Crippen LogP contribution in [0.2, 0.25) is 0 Å². The molecule has 9 heteroatoms. The number of aryl methyl sites for hydroxylation is 1. The van der Waals surface area contributed by atoms with Gasteiger partial charge in [0.2, 0.25) is 5.89 Å². The standard InChI is InChI=1S/C20H29N5O3.HI/c1-4-21-20(23-13-19-24-14(2)28-25-19)22-12-15-9-10-17(26-3)11-18(15)27-16-7-5-6-8-16;/h9-11,16H,4-8,12-13H2,1-3H3,(H2,21,22,23);1H. The molecular weight excluding hydrogens is 485 g/mol. The summed E-state index contributed by atoms with van der Waals surface area (Å²) in [5.74, 6) is 3.47. The van der Waals surface area contributed by atoms with Crippen molar-refractivity contribution in [3.8, 4) is 11.5 Å². The summed E-state index contributed by atoms with van der Waals surface area (Å²) in [5.41, 5.74) is 1.03. The highest BCUT2D eigenvalue weighted by molar-refractivity contribution is 14.0. The molecule has 1 aromatic heterocycles. The summed E-state index contributed by atoms with van der Waals surface area (Å²) in [6, 6.07) is 5.90. The summed E-state index contributed by atoms with van der Waals surface area (Å²) >= 11 is 0. The van der Waals surface area contributed by atoms with E-state index in [9.17, 15) is 0 Å². The molecule has 0 amide bonds. The molecule has 160 valence electrons. The zero-order valence-electron chi connectivity index (χ0n) is 17.2. The second-order valence-electron chi connectivity index (χ2n) is 6.78. The second-order valence-corrected chi connectivity index (χ2v) is 6.78. The lowest BCUT2D eigenvalue weighted by molar-refractivity contribution is 0.207. The number of hydrogen-bond acceptors (Lipinski definition) is 6. The number of ether oxygens (including phenoxy) is 2. The number of methoxy groups -OCH3 is 1. The number of guanidine groups is 1. The highest BCUT2D eigenvalue weighted by Gasteiger charge is 2.18. The number of benzene rings is 1. The number of nitrogens with zero attached hydrogens (tertiary/aromatic N) is 3. The van der Waals surface area contributed by atoms with E-state index in [1.807, 2.05) is 25.1 Å². The Balaban J connectivity index is 0.00000300. The number of hydrogen-bond donors (Lipinski definition) is 2. The van der Waals surface area contributed by atoms with Gasteiger partial charge in [0.15, 0.2) is 11.8 Å². The van der Waals surface area contributed by atoms with Gasteiger partial charge in [-0.15, -0.1) is 24.0 Å². The maximum absolute atomic E-state index is 6.25. The van der Waals surface area contributed by atoms with Crippen LogP contribution in [0, 0.1) is 6.92 Å². The molecule has 1 saturated carbocycles. The molecule has 1 aliphatic carbocycles. The number of aliphatic imine (C=N–C) groups is 1. The predicted octanol–water partition coefficient (Wildman–Crippen LogP) is 3.58. The summed E-state index contributed by atoms with van der Waals surface area (Å²) in [7, 11) is 1.67. The molecule has 3 rings (SSSR count). The van der Waals surface area contributed by atoms with Gasteiger partial charge in [-0.25, -0.2) is 4.99 Å². The zero-order valence-corrected chi connectivity index (χ0v) is 19.6. The Kier molecular flexibility index (Phi) is 9.49. The first-order chi connectivity index (χ1) is 13.7. The first-order valence-corrected chi connectivity index (χ1v) is 9.83. The van der Waals surface area contributed by atoms with Crippen molar-refractivity contribution in [2.75, 3.05) is 13.7 Å². The molecule has 1 fully saturated rings. The van der Waals surface area contributed by atoms with Crippen LogP contribution in [-0.2, 0) is 13.1 Å². The van der Waals surface area contributed by atoms with Gasteiger partial charge in [0.25, 0.3) is 0 Å². The normalized spacial score (nSPS) is 14.4. The lowest BCUT2D eigenvalue weighted by Gasteiger charge is -2.17. The van der Waals surface area contributed by atoms with Crippen molar-refractivity contribution in [1.29, 1.82) is 0 Å². The van der Waals surface area contributed by atoms with Gasteiger partial charge in [-0.05, 0) is 44.7 Å². The third-order valence-corrected chi connectivity index (χ3v) is 4.61.